The molecule has 146 valence electrons. The number of alkyl carbamates (subject to hydrolysis) is 1. The molecule has 0 spiro atoms. The predicted molar refractivity (Wildman–Crippen MR) is 88.3 cm³/mol. The number of carbonyl (C=O) groups is 2. The van der Waals surface area contributed by atoms with E-state index in [0.29, 0.717) is 0 Å². The minimum absolute atomic E-state index is 0.000577. The Morgan fingerprint density at radius 1 is 1.23 bits per heavy atom. The summed E-state index contributed by atoms with van der Waals surface area (Å²) in [5, 5.41) is 13.6. The van der Waals surface area contributed by atoms with Crippen LogP contribution in [0.25, 0.3) is 0 Å². The van der Waals surface area contributed by atoms with Crippen molar-refractivity contribution in [2.75, 3.05) is 13.2 Å². The van der Waals surface area contributed by atoms with Gasteiger partial charge in [0.15, 0.2) is 0 Å². The van der Waals surface area contributed by atoms with Crippen molar-refractivity contribution < 1.29 is 32.6 Å². The van der Waals surface area contributed by atoms with Gasteiger partial charge < -0.3 is 20.5 Å². The van der Waals surface area contributed by atoms with Crippen LogP contribution >= 0.6 is 0 Å². The van der Waals surface area contributed by atoms with Gasteiger partial charge in [-0.2, -0.15) is 13.2 Å². The van der Waals surface area contributed by atoms with Gasteiger partial charge in [-0.05, 0) is 38.5 Å². The van der Waals surface area contributed by atoms with Crippen molar-refractivity contribution in [1.82, 2.24) is 10.6 Å². The van der Waals surface area contributed by atoms with Gasteiger partial charge in [-0.15, -0.1) is 0 Å². The molecule has 0 saturated heterocycles. The zero-order chi connectivity index (χ0) is 20.0. The Kier molecular flexibility index (Phi) is 7.43. The highest BCUT2D eigenvalue weighted by Crippen LogP contribution is 2.31. The highest BCUT2D eigenvalue weighted by molar-refractivity contribution is 5.78. The van der Waals surface area contributed by atoms with Crippen molar-refractivity contribution in [3.63, 3.8) is 0 Å². The lowest BCUT2D eigenvalue weighted by Crippen LogP contribution is -2.38. The lowest BCUT2D eigenvalue weighted by atomic mass is 10.0. The number of ether oxygens (including phenoxy) is 1. The molecule has 0 saturated carbocycles. The Morgan fingerprint density at radius 2 is 1.88 bits per heavy atom. The topological polar surface area (TPSA) is 87.7 Å². The molecule has 26 heavy (non-hydrogen) atoms. The molecule has 1 aromatic rings. The third-order valence-corrected chi connectivity index (χ3v) is 3.13. The van der Waals surface area contributed by atoms with E-state index >= 15 is 0 Å². The molecule has 1 atom stereocenters. The van der Waals surface area contributed by atoms with Gasteiger partial charge in [-0.1, -0.05) is 12.1 Å². The predicted octanol–water partition coefficient (Wildman–Crippen LogP) is 2.77. The van der Waals surface area contributed by atoms with Crippen molar-refractivity contribution in [3.05, 3.63) is 35.4 Å². The number of amides is 2. The fourth-order valence-electron chi connectivity index (χ4n) is 2.09. The summed E-state index contributed by atoms with van der Waals surface area (Å²) in [7, 11) is 0. The first-order valence-corrected chi connectivity index (χ1v) is 7.96. The van der Waals surface area contributed by atoms with Gasteiger partial charge in [-0.25, -0.2) is 4.79 Å². The number of halogens is 3. The molecule has 1 rings (SSSR count). The summed E-state index contributed by atoms with van der Waals surface area (Å²) in [4.78, 5) is 23.9. The van der Waals surface area contributed by atoms with Crippen LogP contribution in [-0.4, -0.2) is 35.9 Å². The van der Waals surface area contributed by atoms with Gasteiger partial charge in [0.25, 0.3) is 0 Å². The summed E-state index contributed by atoms with van der Waals surface area (Å²) in [5.74, 6) is -0.530. The standard InChI is InChI=1S/C17H23F3N2O4/c1-16(2,3)26-15(25)22-13(10-14(24)21-7-8-23)11-5-4-6-12(9-11)17(18,19)20/h4-6,9,13,23H,7-8,10H2,1-3H3,(H,21,24)(H,22,25)/t13-/m0/s1. The second-order valence-electron chi connectivity index (χ2n) is 6.60. The van der Waals surface area contributed by atoms with Crippen LogP contribution < -0.4 is 10.6 Å². The zero-order valence-corrected chi connectivity index (χ0v) is 14.8. The molecule has 0 fully saturated rings. The average molecular weight is 376 g/mol. The van der Waals surface area contributed by atoms with Crippen LogP contribution in [0, 0.1) is 0 Å². The van der Waals surface area contributed by atoms with Crippen molar-refractivity contribution >= 4 is 12.0 Å². The van der Waals surface area contributed by atoms with Gasteiger partial charge in [-0.3, -0.25) is 4.79 Å². The van der Waals surface area contributed by atoms with Crippen molar-refractivity contribution in [2.24, 2.45) is 0 Å². The summed E-state index contributed by atoms with van der Waals surface area (Å²) < 4.78 is 43.9. The van der Waals surface area contributed by atoms with Crippen LogP contribution in [0.5, 0.6) is 0 Å². The molecule has 0 heterocycles. The largest absolute Gasteiger partial charge is 0.444 e. The van der Waals surface area contributed by atoms with Crippen LogP contribution in [0.3, 0.4) is 0 Å². The smallest absolute Gasteiger partial charge is 0.416 e. The molecular formula is C17H23F3N2O4. The fraction of sp³-hybridized carbons (Fsp3) is 0.529. The first-order valence-electron chi connectivity index (χ1n) is 7.96. The minimum Gasteiger partial charge on any atom is -0.444 e. The molecule has 0 aliphatic carbocycles. The molecule has 0 aliphatic heterocycles. The molecule has 0 unspecified atom stereocenters. The van der Waals surface area contributed by atoms with Crippen LogP contribution in [0.15, 0.2) is 24.3 Å². The maximum absolute atomic E-state index is 12.9. The van der Waals surface area contributed by atoms with E-state index in [9.17, 15) is 22.8 Å². The quantitative estimate of drug-likeness (QED) is 0.712. The molecular weight excluding hydrogens is 353 g/mol. The average Bonchev–Trinajstić information content (AvgIpc) is 2.49. The van der Waals surface area contributed by atoms with Gasteiger partial charge in [0, 0.05) is 6.54 Å². The summed E-state index contributed by atoms with van der Waals surface area (Å²) in [5.41, 5.74) is -1.58. The van der Waals surface area contributed by atoms with E-state index < -0.39 is 35.4 Å². The highest BCUT2D eigenvalue weighted by atomic mass is 19.4. The van der Waals surface area contributed by atoms with Gasteiger partial charge in [0.2, 0.25) is 5.91 Å². The van der Waals surface area contributed by atoms with Crippen LogP contribution in [0.4, 0.5) is 18.0 Å². The van der Waals surface area contributed by atoms with Crippen LogP contribution in [-0.2, 0) is 15.7 Å². The van der Waals surface area contributed by atoms with E-state index in [4.69, 9.17) is 9.84 Å². The van der Waals surface area contributed by atoms with E-state index in [2.05, 4.69) is 10.6 Å². The van der Waals surface area contributed by atoms with Crippen LogP contribution in [0.1, 0.15) is 44.4 Å². The summed E-state index contributed by atoms with van der Waals surface area (Å²) in [6.07, 6.45) is -5.71. The first kappa shape index (κ1) is 21.8. The molecule has 9 heteroatoms. The second-order valence-corrected chi connectivity index (χ2v) is 6.60. The van der Waals surface area contributed by atoms with Crippen molar-refractivity contribution in [2.45, 2.75) is 45.0 Å². The molecule has 3 N–H and O–H groups in total. The molecule has 1 aromatic carbocycles. The Morgan fingerprint density at radius 3 is 2.42 bits per heavy atom. The maximum atomic E-state index is 12.9. The lowest BCUT2D eigenvalue weighted by Gasteiger charge is -2.24. The number of nitrogens with one attached hydrogen (secondary N) is 2. The fourth-order valence-corrected chi connectivity index (χ4v) is 2.09. The van der Waals surface area contributed by atoms with Crippen molar-refractivity contribution in [3.8, 4) is 0 Å². The summed E-state index contributed by atoms with van der Waals surface area (Å²) >= 11 is 0. The summed E-state index contributed by atoms with van der Waals surface area (Å²) in [6, 6.07) is 3.34. The normalized spacial score (nSPS) is 13.0. The van der Waals surface area contributed by atoms with Gasteiger partial charge in [0.1, 0.15) is 5.60 Å². The van der Waals surface area contributed by atoms with Crippen molar-refractivity contribution in [1.29, 1.82) is 0 Å². The molecule has 2 amide bonds. The number of aliphatic hydroxyl groups is 1. The van der Waals surface area contributed by atoms with Gasteiger partial charge in [0.05, 0.1) is 24.6 Å². The van der Waals surface area contributed by atoms with E-state index in [1.165, 1.54) is 12.1 Å². The SMILES string of the molecule is CC(C)(C)OC(=O)N[C@@H](CC(=O)NCCO)c1cccc(C(F)(F)F)c1. The second kappa shape index (κ2) is 8.88. The number of hydrogen-bond donors (Lipinski definition) is 3. The summed E-state index contributed by atoms with van der Waals surface area (Å²) in [6.45, 7) is 4.64. The maximum Gasteiger partial charge on any atom is 0.416 e. The monoisotopic (exact) mass is 376 g/mol. The Hall–Kier alpha value is -2.29. The molecule has 0 aliphatic rings. The van der Waals surface area contributed by atoms with E-state index in [1.54, 1.807) is 20.8 Å². The minimum atomic E-state index is -4.55. The Bertz CT molecular complexity index is 627. The highest BCUT2D eigenvalue weighted by Gasteiger charge is 2.31. The molecule has 0 radical (unpaired) electrons. The van der Waals surface area contributed by atoms with Crippen LogP contribution in [0.2, 0.25) is 0 Å². The molecule has 0 aromatic heterocycles. The number of carbonyl (C=O) groups excluding carboxylic acids is 2. The molecule has 0 bridgehead atoms. The van der Waals surface area contributed by atoms with Gasteiger partial charge >= 0.3 is 12.3 Å². The number of alkyl halides is 3. The number of aliphatic hydroxyl groups excluding tert-OH is 1. The number of hydrogen-bond acceptors (Lipinski definition) is 4. The Balaban J connectivity index is 3.03. The lowest BCUT2D eigenvalue weighted by molar-refractivity contribution is -0.137. The van der Waals surface area contributed by atoms with E-state index in [1.807, 2.05) is 0 Å². The third kappa shape index (κ3) is 7.73. The first-order chi connectivity index (χ1) is 11.9. The van der Waals surface area contributed by atoms with E-state index in [0.717, 1.165) is 12.1 Å². The number of rotatable bonds is 6. The van der Waals surface area contributed by atoms with E-state index in [-0.39, 0.29) is 25.1 Å². The zero-order valence-electron chi connectivity index (χ0n) is 14.8. The third-order valence-electron chi connectivity index (χ3n) is 3.13. The molecule has 6 nitrogen and oxygen atoms in total. The Labute approximate surface area is 149 Å². The number of benzene rings is 1.